The van der Waals surface area contributed by atoms with Crippen molar-refractivity contribution in [1.82, 2.24) is 10.3 Å². The molecule has 3 N–H and O–H groups in total. The molecule has 1 atom stereocenters. The van der Waals surface area contributed by atoms with Crippen molar-refractivity contribution in [1.29, 1.82) is 0 Å². The molecule has 8 heteroatoms. The summed E-state index contributed by atoms with van der Waals surface area (Å²) in [6, 6.07) is 8.00. The van der Waals surface area contributed by atoms with E-state index in [0.717, 1.165) is 34.2 Å². The number of carbonyl (C=O) groups is 1. The molecule has 1 saturated heterocycles. The number of halogens is 1. The normalized spacial score (nSPS) is 17.6. The minimum absolute atomic E-state index is 0.201. The van der Waals surface area contributed by atoms with E-state index in [4.69, 9.17) is 0 Å². The van der Waals surface area contributed by atoms with Crippen LogP contribution in [0.15, 0.2) is 30.3 Å². The van der Waals surface area contributed by atoms with Crippen LogP contribution >= 0.6 is 22.7 Å². The number of benzene rings is 1. The first-order valence-electron chi connectivity index (χ1n) is 8.12. The van der Waals surface area contributed by atoms with Gasteiger partial charge in [-0.15, -0.1) is 11.3 Å². The molecule has 2 aromatic heterocycles. The fraction of sp³-hybridized carbons (Fsp3) is 0.294. The van der Waals surface area contributed by atoms with Crippen LogP contribution in [0.1, 0.15) is 22.5 Å². The van der Waals surface area contributed by atoms with Gasteiger partial charge in [-0.25, -0.2) is 9.37 Å². The molecule has 0 saturated carbocycles. The number of hydrogen-bond donors (Lipinski definition) is 3. The monoisotopic (exact) mass is 376 g/mol. The Bertz CT molecular complexity index is 852. The van der Waals surface area contributed by atoms with Crippen molar-refractivity contribution in [3.63, 3.8) is 0 Å². The predicted molar refractivity (Wildman–Crippen MR) is 101 cm³/mol. The molecule has 1 fully saturated rings. The van der Waals surface area contributed by atoms with E-state index in [0.29, 0.717) is 16.6 Å². The van der Waals surface area contributed by atoms with Gasteiger partial charge in [0.1, 0.15) is 10.6 Å². The number of anilines is 2. The van der Waals surface area contributed by atoms with Gasteiger partial charge >= 0.3 is 0 Å². The Labute approximate surface area is 152 Å². The molecule has 5 nitrogen and oxygen atoms in total. The van der Waals surface area contributed by atoms with Crippen LogP contribution in [0.4, 0.5) is 15.2 Å². The largest absolute Gasteiger partial charge is 0.357 e. The van der Waals surface area contributed by atoms with Gasteiger partial charge in [-0.2, -0.15) is 0 Å². The van der Waals surface area contributed by atoms with Gasteiger partial charge in [-0.05, 0) is 49.7 Å². The van der Waals surface area contributed by atoms with E-state index in [9.17, 15) is 9.18 Å². The molecule has 3 aromatic rings. The van der Waals surface area contributed by atoms with Crippen LogP contribution in [-0.4, -0.2) is 30.0 Å². The molecule has 0 aliphatic carbocycles. The summed E-state index contributed by atoms with van der Waals surface area (Å²) in [4.78, 5) is 18.4. The van der Waals surface area contributed by atoms with Crippen LogP contribution in [0.25, 0.3) is 9.53 Å². The summed E-state index contributed by atoms with van der Waals surface area (Å²) in [6.45, 7) is 2.04. The van der Waals surface area contributed by atoms with Crippen LogP contribution in [0.2, 0.25) is 0 Å². The molecule has 0 radical (unpaired) electrons. The van der Waals surface area contributed by atoms with Crippen LogP contribution in [0.5, 0.6) is 0 Å². The van der Waals surface area contributed by atoms with Crippen molar-refractivity contribution >= 4 is 48.9 Å². The van der Waals surface area contributed by atoms with E-state index in [1.165, 1.54) is 29.9 Å². The summed E-state index contributed by atoms with van der Waals surface area (Å²) in [6.07, 6.45) is 2.32. The second kappa shape index (κ2) is 7.07. The van der Waals surface area contributed by atoms with Crippen LogP contribution in [0, 0.1) is 5.82 Å². The zero-order valence-electron chi connectivity index (χ0n) is 13.3. The zero-order valence-corrected chi connectivity index (χ0v) is 15.0. The van der Waals surface area contributed by atoms with Crippen molar-refractivity contribution in [2.75, 3.05) is 23.7 Å². The van der Waals surface area contributed by atoms with E-state index in [1.54, 1.807) is 23.5 Å². The third-order valence-corrected chi connectivity index (χ3v) is 6.13. The van der Waals surface area contributed by atoms with E-state index >= 15 is 0 Å². The maximum atomic E-state index is 12.9. The Morgan fingerprint density at radius 1 is 1.28 bits per heavy atom. The SMILES string of the molecule is O=C(Nc1ccc(F)cc1)c1cc2sc(NC3CCCNC3)nc2s1. The van der Waals surface area contributed by atoms with Crippen molar-refractivity contribution in [2.45, 2.75) is 18.9 Å². The third-order valence-electron chi connectivity index (χ3n) is 4.04. The van der Waals surface area contributed by atoms with Crippen molar-refractivity contribution < 1.29 is 9.18 Å². The summed E-state index contributed by atoms with van der Waals surface area (Å²) < 4.78 is 13.9. The molecule has 1 amide bonds. The first-order chi connectivity index (χ1) is 12.2. The lowest BCUT2D eigenvalue weighted by molar-refractivity contribution is 0.103. The maximum Gasteiger partial charge on any atom is 0.265 e. The van der Waals surface area contributed by atoms with Gasteiger partial charge in [0.25, 0.3) is 5.91 Å². The number of rotatable bonds is 4. The molecular formula is C17H17FN4OS2. The van der Waals surface area contributed by atoms with Crippen LogP contribution < -0.4 is 16.0 Å². The first-order valence-corrected chi connectivity index (χ1v) is 9.75. The lowest BCUT2D eigenvalue weighted by Gasteiger charge is -2.23. The summed E-state index contributed by atoms with van der Waals surface area (Å²) in [5.74, 6) is -0.528. The molecule has 0 spiro atoms. The highest BCUT2D eigenvalue weighted by Gasteiger charge is 2.17. The van der Waals surface area contributed by atoms with Gasteiger partial charge in [-0.3, -0.25) is 4.79 Å². The fourth-order valence-corrected chi connectivity index (χ4v) is 4.87. The molecule has 1 aliphatic rings. The number of carbonyl (C=O) groups excluding carboxylic acids is 1. The fourth-order valence-electron chi connectivity index (χ4n) is 2.78. The Balaban J connectivity index is 1.45. The van der Waals surface area contributed by atoms with Gasteiger partial charge < -0.3 is 16.0 Å². The summed E-state index contributed by atoms with van der Waals surface area (Å²) in [5.41, 5.74) is 0.572. The minimum atomic E-state index is -0.327. The van der Waals surface area contributed by atoms with Gasteiger partial charge in [0, 0.05) is 18.3 Å². The minimum Gasteiger partial charge on any atom is -0.357 e. The molecule has 3 heterocycles. The summed E-state index contributed by atoms with van der Waals surface area (Å²) >= 11 is 2.94. The highest BCUT2D eigenvalue weighted by Crippen LogP contribution is 2.33. The van der Waals surface area contributed by atoms with Gasteiger partial charge in [0.05, 0.1) is 9.58 Å². The number of amides is 1. The Hall–Kier alpha value is -2.03. The van der Waals surface area contributed by atoms with E-state index < -0.39 is 0 Å². The highest BCUT2D eigenvalue weighted by molar-refractivity contribution is 7.29. The van der Waals surface area contributed by atoms with Gasteiger partial charge in [-0.1, -0.05) is 11.3 Å². The number of aromatic nitrogens is 1. The Morgan fingerprint density at radius 2 is 2.12 bits per heavy atom. The lowest BCUT2D eigenvalue weighted by Crippen LogP contribution is -2.38. The molecule has 4 rings (SSSR count). The van der Waals surface area contributed by atoms with E-state index in [1.807, 2.05) is 6.07 Å². The smallest absolute Gasteiger partial charge is 0.265 e. The molecular weight excluding hydrogens is 359 g/mol. The molecule has 0 bridgehead atoms. The van der Waals surface area contributed by atoms with Crippen LogP contribution in [-0.2, 0) is 0 Å². The summed E-state index contributed by atoms with van der Waals surface area (Å²) in [7, 11) is 0. The lowest BCUT2D eigenvalue weighted by atomic mass is 10.1. The second-order valence-corrected chi connectivity index (χ2v) is 8.01. The van der Waals surface area contributed by atoms with E-state index in [-0.39, 0.29) is 11.7 Å². The van der Waals surface area contributed by atoms with Crippen LogP contribution in [0.3, 0.4) is 0 Å². The van der Waals surface area contributed by atoms with E-state index in [2.05, 4.69) is 20.9 Å². The van der Waals surface area contributed by atoms with Crippen molar-refractivity contribution in [3.8, 4) is 0 Å². The standard InChI is InChI=1S/C17H17FN4OS2/c18-10-3-5-11(6-4-10)20-15(23)13-8-14-16(24-13)22-17(25-14)21-12-2-1-7-19-9-12/h3-6,8,12,19H,1-2,7,9H2,(H,20,23)(H,21,22). The Morgan fingerprint density at radius 3 is 2.84 bits per heavy atom. The molecule has 1 aliphatic heterocycles. The highest BCUT2D eigenvalue weighted by atomic mass is 32.1. The molecule has 130 valence electrons. The van der Waals surface area contributed by atoms with Gasteiger partial charge in [0.15, 0.2) is 5.13 Å². The number of nitrogens with zero attached hydrogens (tertiary/aromatic N) is 1. The number of thiazole rings is 1. The number of fused-ring (bicyclic) bond motifs is 1. The van der Waals surface area contributed by atoms with Gasteiger partial charge in [0.2, 0.25) is 0 Å². The number of nitrogens with one attached hydrogen (secondary N) is 3. The average Bonchev–Trinajstić information content (AvgIpc) is 3.16. The number of piperidine rings is 1. The quantitative estimate of drug-likeness (QED) is 0.646. The average molecular weight is 376 g/mol. The maximum absolute atomic E-state index is 12.9. The number of thiophene rings is 1. The topological polar surface area (TPSA) is 66.1 Å². The molecule has 1 unspecified atom stereocenters. The molecule has 25 heavy (non-hydrogen) atoms. The Kier molecular flexibility index (Phi) is 4.65. The summed E-state index contributed by atoms with van der Waals surface area (Å²) in [5, 5.41) is 10.5. The second-order valence-electron chi connectivity index (χ2n) is 5.95. The number of hydrogen-bond acceptors (Lipinski definition) is 6. The van der Waals surface area contributed by atoms with Crippen molar-refractivity contribution in [2.24, 2.45) is 0 Å². The first kappa shape index (κ1) is 16.4. The van der Waals surface area contributed by atoms with Crippen molar-refractivity contribution in [3.05, 3.63) is 41.0 Å². The zero-order chi connectivity index (χ0) is 17.2. The third kappa shape index (κ3) is 3.81. The predicted octanol–water partition coefficient (Wildman–Crippen LogP) is 3.91. The molecule has 1 aromatic carbocycles.